The Morgan fingerprint density at radius 2 is 0.420 bits per heavy atom. The summed E-state index contributed by atoms with van der Waals surface area (Å²) in [6.07, 6.45) is 0. The number of phenolic OH excluding ortho intramolecular Hbond substituents is 12. The van der Waals surface area contributed by atoms with Crippen LogP contribution in [0.1, 0.15) is 122 Å². The molecule has 0 unspecified atom stereocenters. The molecule has 0 saturated heterocycles. The summed E-state index contributed by atoms with van der Waals surface area (Å²) >= 11 is 0. The minimum absolute atomic E-state index is 0.0743. The molecule has 4 aliphatic rings. The monoisotopic (exact) mass is 1180 g/mol. The summed E-state index contributed by atoms with van der Waals surface area (Å²) in [6.45, 7) is 15.8. The first-order chi connectivity index (χ1) is 42.1. The van der Waals surface area contributed by atoms with Gasteiger partial charge < -0.3 is 80.2 Å². The Bertz CT molecular complexity index is 3920. The Morgan fingerprint density at radius 3 is 0.625 bits per heavy atom. The van der Waals surface area contributed by atoms with Crippen LogP contribution in [0.5, 0.6) is 115 Å². The molecule has 0 spiro atoms. The molecule has 10 aromatic carbocycles. The number of hydrogen-bond donors (Lipinski definition) is 12. The van der Waals surface area contributed by atoms with E-state index < -0.39 is 67.7 Å². The van der Waals surface area contributed by atoms with E-state index >= 15 is 0 Å². The zero-order valence-corrected chi connectivity index (χ0v) is 49.2. The Balaban J connectivity index is 0.000000173. The maximum atomic E-state index is 10.7. The quantitative estimate of drug-likeness (QED) is 0.0730. The van der Waals surface area contributed by atoms with E-state index in [1.807, 2.05) is 90.1 Å². The van der Waals surface area contributed by atoms with Gasteiger partial charge in [-0.3, -0.25) is 0 Å². The van der Waals surface area contributed by atoms with Crippen LogP contribution in [0.4, 0.5) is 0 Å². The van der Waals surface area contributed by atoms with E-state index in [0.717, 1.165) is 33.4 Å². The molecule has 0 bridgehead atoms. The third kappa shape index (κ3) is 8.72. The van der Waals surface area contributed by atoms with Gasteiger partial charge in [-0.05, 0) is 147 Å². The van der Waals surface area contributed by atoms with E-state index in [1.165, 1.54) is 24.3 Å². The van der Waals surface area contributed by atoms with Crippen LogP contribution in [0.3, 0.4) is 0 Å². The van der Waals surface area contributed by atoms with E-state index in [2.05, 4.69) is 13.8 Å². The minimum atomic E-state index is -1.06. The molecule has 0 saturated carbocycles. The summed E-state index contributed by atoms with van der Waals surface area (Å²) in [5.41, 5.74) is 4.73. The van der Waals surface area contributed by atoms with Crippen LogP contribution in [0, 0.1) is 0 Å². The zero-order valence-electron chi connectivity index (χ0n) is 49.2. The van der Waals surface area contributed by atoms with E-state index in [-0.39, 0.29) is 46.0 Å². The number of phenols is 12. The van der Waals surface area contributed by atoms with E-state index in [9.17, 15) is 61.3 Å². The summed E-state index contributed by atoms with van der Waals surface area (Å²) in [7, 11) is 0. The van der Waals surface area contributed by atoms with Crippen LogP contribution < -0.4 is 18.9 Å². The second-order valence-corrected chi connectivity index (χ2v) is 22.0. The smallest absolute Gasteiger partial charge is 0.201 e. The molecule has 12 N–H and O–H groups in total. The van der Waals surface area contributed by atoms with E-state index in [1.54, 1.807) is 97.1 Å². The standard InChI is InChI=1S/C34H26O10.C34H26O6.2C2H6/c1-33(17-7-11-21(35)25(39)29(17)43-30-18(33)8-12-22(36)26(30)40)15-3-5-16(6-4-15)34(2)19-9-13-23(37)27(41)31(19)44-32-20(34)10-14-24(38)28(32)42;1-33(25-15-21(35)7-11-29(25)39-30-12-8-22(36)16-26(30)33)19-3-5-20(6-4-19)34(2)27-17-23(37)9-13-31(27)40-32-14-10-24(38)18-28(32)34;2*1-2/h3-14,35-42H,1-2H3;3-18,35-38H,1-2H3;2*1-2H3. The molecule has 16 nitrogen and oxygen atoms in total. The molecular formula is C72H64O16. The van der Waals surface area contributed by atoms with Crippen LogP contribution >= 0.6 is 0 Å². The summed E-state index contributed by atoms with van der Waals surface area (Å²) in [5, 5.41) is 125. The number of fused-ring (bicyclic) bond motifs is 8. The van der Waals surface area contributed by atoms with Crippen LogP contribution in [0.15, 0.2) is 170 Å². The molecule has 14 rings (SSSR count). The van der Waals surface area contributed by atoms with Crippen molar-refractivity contribution in [1.29, 1.82) is 0 Å². The zero-order chi connectivity index (χ0) is 63.1. The van der Waals surface area contributed by atoms with Gasteiger partial charge in [0.2, 0.25) is 23.0 Å². The molecule has 0 atom stereocenters. The fourth-order valence-electron chi connectivity index (χ4n) is 12.8. The van der Waals surface area contributed by atoms with Gasteiger partial charge in [0.05, 0.1) is 0 Å². The average molecular weight is 1190 g/mol. The number of benzene rings is 10. The first kappa shape index (κ1) is 58.8. The van der Waals surface area contributed by atoms with Gasteiger partial charge in [-0.25, -0.2) is 0 Å². The van der Waals surface area contributed by atoms with Crippen LogP contribution in [0.2, 0.25) is 0 Å². The molecule has 4 heterocycles. The lowest BCUT2D eigenvalue weighted by Gasteiger charge is -2.40. The van der Waals surface area contributed by atoms with Gasteiger partial charge in [0.15, 0.2) is 46.0 Å². The summed E-state index contributed by atoms with van der Waals surface area (Å²) in [5.74, 6) is -1.04. The van der Waals surface area contributed by atoms with Gasteiger partial charge in [-0.2, -0.15) is 0 Å². The highest BCUT2D eigenvalue weighted by Crippen LogP contribution is 2.63. The second-order valence-electron chi connectivity index (χ2n) is 22.0. The van der Waals surface area contributed by atoms with Gasteiger partial charge in [0.1, 0.15) is 46.0 Å². The van der Waals surface area contributed by atoms with Gasteiger partial charge >= 0.3 is 0 Å². The van der Waals surface area contributed by atoms with Crippen LogP contribution in [-0.4, -0.2) is 61.3 Å². The number of ether oxygens (including phenoxy) is 4. The Hall–Kier alpha value is -11.0. The third-order valence-corrected chi connectivity index (χ3v) is 17.5. The van der Waals surface area contributed by atoms with E-state index in [4.69, 9.17) is 18.9 Å². The predicted octanol–water partition coefficient (Wildman–Crippen LogP) is 15.7. The maximum Gasteiger partial charge on any atom is 0.201 e. The molecule has 10 aromatic rings. The fourth-order valence-corrected chi connectivity index (χ4v) is 12.8. The number of hydrogen-bond acceptors (Lipinski definition) is 16. The van der Waals surface area contributed by atoms with Gasteiger partial charge in [-0.15, -0.1) is 0 Å². The van der Waals surface area contributed by atoms with Crippen LogP contribution in [-0.2, 0) is 21.7 Å². The second kappa shape index (κ2) is 21.5. The fraction of sp³-hybridized carbons (Fsp3) is 0.167. The first-order valence-corrected chi connectivity index (χ1v) is 28.6. The minimum Gasteiger partial charge on any atom is -0.508 e. The highest BCUT2D eigenvalue weighted by molar-refractivity contribution is 5.75. The lowest BCUT2D eigenvalue weighted by atomic mass is 9.66. The third-order valence-electron chi connectivity index (χ3n) is 17.5. The summed E-state index contributed by atoms with van der Waals surface area (Å²) in [4.78, 5) is 0. The van der Waals surface area contributed by atoms with Crippen molar-refractivity contribution >= 4 is 0 Å². The van der Waals surface area contributed by atoms with Crippen molar-refractivity contribution in [3.05, 3.63) is 237 Å². The number of rotatable bonds is 4. The highest BCUT2D eigenvalue weighted by Gasteiger charge is 2.47. The lowest BCUT2D eigenvalue weighted by Crippen LogP contribution is -2.31. The van der Waals surface area contributed by atoms with Crippen LogP contribution in [0.25, 0.3) is 0 Å². The Kier molecular flexibility index (Phi) is 14.4. The lowest BCUT2D eigenvalue weighted by molar-refractivity contribution is 0.331. The average Bonchev–Trinajstić information content (AvgIpc) is 0.842. The molecule has 0 aliphatic carbocycles. The molecule has 448 valence electrons. The van der Waals surface area contributed by atoms with Crippen molar-refractivity contribution in [2.24, 2.45) is 0 Å². The molecule has 0 aromatic heterocycles. The van der Waals surface area contributed by atoms with Crippen molar-refractivity contribution in [3.63, 3.8) is 0 Å². The van der Waals surface area contributed by atoms with Crippen molar-refractivity contribution in [2.45, 2.75) is 77.0 Å². The SMILES string of the molecule is CC.CC.CC1(c2ccc(C3(C)c4cc(O)ccc4Oc4ccc(O)cc43)cc2)c2cc(O)ccc2Oc2ccc(O)cc21.CC1(c2ccc(C3(C)c4ccc(O)c(O)c4Oc4c3ccc(O)c4O)cc2)c2ccc(O)c(O)c2Oc2c1ccc(O)c2O. The normalized spacial score (nSPS) is 14.7. The maximum absolute atomic E-state index is 10.7. The molecule has 0 radical (unpaired) electrons. The van der Waals surface area contributed by atoms with Gasteiger partial charge in [0.25, 0.3) is 0 Å². The largest absolute Gasteiger partial charge is 0.508 e. The van der Waals surface area contributed by atoms with E-state index in [0.29, 0.717) is 56.4 Å². The van der Waals surface area contributed by atoms with Crippen molar-refractivity contribution in [3.8, 4) is 115 Å². The first-order valence-electron chi connectivity index (χ1n) is 28.6. The van der Waals surface area contributed by atoms with Crippen molar-refractivity contribution in [1.82, 2.24) is 0 Å². The van der Waals surface area contributed by atoms with Gasteiger partial charge in [-0.1, -0.05) is 100 Å². The molecule has 0 amide bonds. The van der Waals surface area contributed by atoms with Gasteiger partial charge in [0, 0.05) is 66.2 Å². The van der Waals surface area contributed by atoms with Crippen molar-refractivity contribution in [2.75, 3.05) is 0 Å². The van der Waals surface area contributed by atoms with Crippen molar-refractivity contribution < 1.29 is 80.2 Å². The molecule has 0 fully saturated rings. The molecule has 4 aliphatic heterocycles. The molecule has 88 heavy (non-hydrogen) atoms. The molecule has 16 heteroatoms. The Labute approximate surface area is 506 Å². The number of aromatic hydroxyl groups is 12. The highest BCUT2D eigenvalue weighted by atomic mass is 16.5. The summed E-state index contributed by atoms with van der Waals surface area (Å²) in [6, 6.07) is 47.5. The predicted molar refractivity (Wildman–Crippen MR) is 330 cm³/mol. The summed E-state index contributed by atoms with van der Waals surface area (Å²) < 4.78 is 24.0. The molecular weight excluding hydrogens is 1120 g/mol. The topological polar surface area (TPSA) is 280 Å². The Morgan fingerprint density at radius 1 is 0.227 bits per heavy atom.